The summed E-state index contributed by atoms with van der Waals surface area (Å²) in [6.45, 7) is 3.74. The molecule has 0 spiro atoms. The molecule has 2 aromatic rings. The highest BCUT2D eigenvalue weighted by molar-refractivity contribution is 5.80. The van der Waals surface area contributed by atoms with Crippen LogP contribution in [0.4, 0.5) is 0 Å². The second-order valence-corrected chi connectivity index (χ2v) is 6.30. The lowest BCUT2D eigenvalue weighted by molar-refractivity contribution is -0.239. The first kappa shape index (κ1) is 18.9. The summed E-state index contributed by atoms with van der Waals surface area (Å²) >= 11 is 0. The van der Waals surface area contributed by atoms with Crippen LogP contribution in [0.2, 0.25) is 0 Å². The largest absolute Gasteiger partial charge is 0.456 e. The summed E-state index contributed by atoms with van der Waals surface area (Å²) in [6.07, 6.45) is -1.79. The monoisotopic (exact) mass is 375 g/mol. The lowest BCUT2D eigenvalue weighted by Gasteiger charge is -2.41. The number of hydrogen-bond donors (Lipinski definition) is 0. The number of carbonyl (C=O) groups is 3. The smallest absolute Gasteiger partial charge is 0.303 e. The molecular formula is C19H21NO7. The molecule has 1 aromatic carbocycles. The summed E-state index contributed by atoms with van der Waals surface area (Å²) in [6, 6.07) is 9.55. The normalized spacial score (nSPS) is 25.0. The lowest BCUT2D eigenvalue weighted by Crippen LogP contribution is -2.55. The second-order valence-electron chi connectivity index (χ2n) is 6.30. The zero-order chi connectivity index (χ0) is 19.6. The zero-order valence-corrected chi connectivity index (χ0v) is 15.3. The third kappa shape index (κ3) is 4.11. The van der Waals surface area contributed by atoms with Gasteiger partial charge in [-0.2, -0.15) is 0 Å². The molecule has 27 heavy (non-hydrogen) atoms. The van der Waals surface area contributed by atoms with Crippen LogP contribution in [0, 0.1) is 0 Å². The molecule has 0 amide bonds. The number of aromatic nitrogens is 1. The van der Waals surface area contributed by atoms with Gasteiger partial charge >= 0.3 is 17.9 Å². The Kier molecular flexibility index (Phi) is 5.46. The standard InChI is InChI=1S/C19H21NO7/c1-11(21)25-16-10-24-19(18(27-13(3)23)17(16)26-12(2)22)20-9-8-14-6-4-5-7-15(14)20/h4-9,16-19H,10H2,1-3H3/t16-,17-,18-,19+/m1/s1. The Hall–Kier alpha value is -2.87. The number of carbonyl (C=O) groups excluding carboxylic acids is 3. The van der Waals surface area contributed by atoms with Gasteiger partial charge in [0.15, 0.2) is 24.5 Å². The Morgan fingerprint density at radius 2 is 1.56 bits per heavy atom. The molecule has 1 saturated heterocycles. The van der Waals surface area contributed by atoms with E-state index in [1.807, 2.05) is 41.1 Å². The summed E-state index contributed by atoms with van der Waals surface area (Å²) < 4.78 is 23.7. The highest BCUT2D eigenvalue weighted by atomic mass is 16.6. The van der Waals surface area contributed by atoms with Crippen LogP contribution in [0.1, 0.15) is 27.0 Å². The fourth-order valence-electron chi connectivity index (χ4n) is 3.29. The van der Waals surface area contributed by atoms with E-state index in [4.69, 9.17) is 18.9 Å². The van der Waals surface area contributed by atoms with Crippen LogP contribution in [0.5, 0.6) is 0 Å². The van der Waals surface area contributed by atoms with Gasteiger partial charge in [-0.15, -0.1) is 0 Å². The molecule has 2 heterocycles. The fraction of sp³-hybridized carbons (Fsp3) is 0.421. The van der Waals surface area contributed by atoms with E-state index >= 15 is 0 Å². The zero-order valence-electron chi connectivity index (χ0n) is 15.3. The third-order valence-corrected chi connectivity index (χ3v) is 4.23. The quantitative estimate of drug-likeness (QED) is 0.596. The predicted molar refractivity (Wildman–Crippen MR) is 93.6 cm³/mol. The maximum atomic E-state index is 11.7. The number of esters is 3. The summed E-state index contributed by atoms with van der Waals surface area (Å²) in [5.41, 5.74) is 0.868. The van der Waals surface area contributed by atoms with Crippen LogP contribution >= 0.6 is 0 Å². The van der Waals surface area contributed by atoms with E-state index in [-0.39, 0.29) is 6.61 Å². The van der Waals surface area contributed by atoms with Gasteiger partial charge in [0.2, 0.25) is 0 Å². The molecule has 8 heteroatoms. The summed E-state index contributed by atoms with van der Waals surface area (Å²) in [7, 11) is 0. The van der Waals surface area contributed by atoms with Gasteiger partial charge in [0.25, 0.3) is 0 Å². The first-order valence-electron chi connectivity index (χ1n) is 8.55. The molecule has 4 atom stereocenters. The maximum absolute atomic E-state index is 11.7. The Morgan fingerprint density at radius 1 is 0.926 bits per heavy atom. The van der Waals surface area contributed by atoms with Crippen LogP contribution in [0.3, 0.4) is 0 Å². The van der Waals surface area contributed by atoms with Gasteiger partial charge in [0.05, 0.1) is 12.1 Å². The van der Waals surface area contributed by atoms with Crippen molar-refractivity contribution in [3.8, 4) is 0 Å². The molecule has 0 unspecified atom stereocenters. The summed E-state index contributed by atoms with van der Waals surface area (Å²) in [4.78, 5) is 34.8. The molecule has 0 saturated carbocycles. The average molecular weight is 375 g/mol. The van der Waals surface area contributed by atoms with Gasteiger partial charge in [-0.3, -0.25) is 14.4 Å². The number of ether oxygens (including phenoxy) is 4. The predicted octanol–water partition coefficient (Wildman–Crippen LogP) is 1.97. The minimum absolute atomic E-state index is 0.00748. The number of benzene rings is 1. The van der Waals surface area contributed by atoms with E-state index in [1.165, 1.54) is 20.8 Å². The number of rotatable bonds is 4. The molecule has 3 rings (SSSR count). The maximum Gasteiger partial charge on any atom is 0.303 e. The van der Waals surface area contributed by atoms with Crippen molar-refractivity contribution in [3.63, 3.8) is 0 Å². The molecule has 144 valence electrons. The van der Waals surface area contributed by atoms with Gasteiger partial charge in [0.1, 0.15) is 0 Å². The van der Waals surface area contributed by atoms with Gasteiger partial charge in [0, 0.05) is 27.0 Å². The van der Waals surface area contributed by atoms with Gasteiger partial charge < -0.3 is 23.5 Å². The number of nitrogens with zero attached hydrogens (tertiary/aromatic N) is 1. The van der Waals surface area contributed by atoms with E-state index in [0.29, 0.717) is 0 Å². The average Bonchev–Trinajstić information content (AvgIpc) is 3.00. The van der Waals surface area contributed by atoms with Crippen molar-refractivity contribution in [3.05, 3.63) is 36.5 Å². The molecule has 0 N–H and O–H groups in total. The molecule has 1 aliphatic rings. The van der Waals surface area contributed by atoms with Crippen molar-refractivity contribution in [2.75, 3.05) is 6.61 Å². The van der Waals surface area contributed by atoms with Gasteiger partial charge in [-0.25, -0.2) is 0 Å². The Labute approximate surface area is 155 Å². The minimum Gasteiger partial charge on any atom is -0.456 e. The topological polar surface area (TPSA) is 93.1 Å². The van der Waals surface area contributed by atoms with Crippen molar-refractivity contribution in [2.45, 2.75) is 45.3 Å². The molecule has 1 aromatic heterocycles. The SMILES string of the molecule is CC(=O)O[C@@H]1[C@H](OC(C)=O)[C@H](OC(C)=O)CO[C@@H]1n1ccc2ccccc21. The molecular weight excluding hydrogens is 354 g/mol. The van der Waals surface area contributed by atoms with E-state index in [2.05, 4.69) is 0 Å². The third-order valence-electron chi connectivity index (χ3n) is 4.23. The van der Waals surface area contributed by atoms with E-state index in [9.17, 15) is 14.4 Å². The van der Waals surface area contributed by atoms with Crippen molar-refractivity contribution >= 4 is 28.8 Å². The van der Waals surface area contributed by atoms with E-state index < -0.39 is 42.4 Å². The van der Waals surface area contributed by atoms with Crippen LogP contribution < -0.4 is 0 Å². The molecule has 1 aliphatic heterocycles. The Morgan fingerprint density at radius 3 is 2.22 bits per heavy atom. The van der Waals surface area contributed by atoms with E-state index in [1.54, 1.807) is 0 Å². The number of fused-ring (bicyclic) bond motifs is 1. The van der Waals surface area contributed by atoms with Crippen LogP contribution in [0.25, 0.3) is 10.9 Å². The van der Waals surface area contributed by atoms with E-state index in [0.717, 1.165) is 10.9 Å². The Balaban J connectivity index is 2.01. The van der Waals surface area contributed by atoms with Crippen molar-refractivity contribution in [1.29, 1.82) is 0 Å². The molecule has 8 nitrogen and oxygen atoms in total. The summed E-state index contributed by atoms with van der Waals surface area (Å²) in [5.74, 6) is -1.69. The lowest BCUT2D eigenvalue weighted by atomic mass is 10.0. The van der Waals surface area contributed by atoms with Crippen molar-refractivity contribution in [2.24, 2.45) is 0 Å². The van der Waals surface area contributed by atoms with Crippen molar-refractivity contribution in [1.82, 2.24) is 4.57 Å². The molecule has 0 bridgehead atoms. The van der Waals surface area contributed by atoms with Crippen LogP contribution in [-0.4, -0.2) is 47.4 Å². The second kappa shape index (κ2) is 7.79. The highest BCUT2D eigenvalue weighted by Gasteiger charge is 2.47. The number of para-hydroxylation sites is 1. The fourth-order valence-corrected chi connectivity index (χ4v) is 3.29. The summed E-state index contributed by atoms with van der Waals surface area (Å²) in [5, 5.41) is 0.980. The molecule has 1 fully saturated rings. The Bertz CT molecular complexity index is 859. The van der Waals surface area contributed by atoms with Gasteiger partial charge in [-0.05, 0) is 17.5 Å². The first-order chi connectivity index (χ1) is 12.9. The molecule has 0 aliphatic carbocycles. The van der Waals surface area contributed by atoms with Crippen LogP contribution in [0.15, 0.2) is 36.5 Å². The number of hydrogen-bond acceptors (Lipinski definition) is 7. The van der Waals surface area contributed by atoms with Crippen molar-refractivity contribution < 1.29 is 33.3 Å². The highest BCUT2D eigenvalue weighted by Crippen LogP contribution is 2.33. The minimum atomic E-state index is -0.991. The first-order valence-corrected chi connectivity index (χ1v) is 8.55. The molecule has 0 radical (unpaired) electrons. The van der Waals surface area contributed by atoms with Gasteiger partial charge in [-0.1, -0.05) is 18.2 Å². The van der Waals surface area contributed by atoms with Crippen LogP contribution in [-0.2, 0) is 33.3 Å².